The van der Waals surface area contributed by atoms with Gasteiger partial charge in [-0.1, -0.05) is 6.07 Å². The number of urea groups is 1. The first-order valence-electron chi connectivity index (χ1n) is 11.1. The number of nitrogens with one attached hydrogen (secondary N) is 2. The highest BCUT2D eigenvalue weighted by molar-refractivity contribution is 7.09. The van der Waals surface area contributed by atoms with Crippen molar-refractivity contribution in [2.45, 2.75) is 37.4 Å². The molecule has 0 aromatic carbocycles. The van der Waals surface area contributed by atoms with Gasteiger partial charge in [0.1, 0.15) is 30.2 Å². The zero-order valence-corrected chi connectivity index (χ0v) is 19.7. The largest absolute Gasteiger partial charge is 0.387 e. The molecule has 12 nitrogen and oxygen atoms in total. The second kappa shape index (κ2) is 11.1. The maximum atomic E-state index is 11.9. The zero-order chi connectivity index (χ0) is 24.1. The van der Waals surface area contributed by atoms with Gasteiger partial charge in [-0.3, -0.25) is 4.57 Å². The van der Waals surface area contributed by atoms with Crippen LogP contribution < -0.4 is 16.4 Å². The lowest BCUT2D eigenvalue weighted by molar-refractivity contribution is -0.0421. The van der Waals surface area contributed by atoms with Crippen LogP contribution in [0.2, 0.25) is 0 Å². The number of nitrogens with zero attached hydrogens (tertiary/aromatic N) is 5. The summed E-state index contributed by atoms with van der Waals surface area (Å²) in [7, 11) is 1.90. The minimum absolute atomic E-state index is 0.184. The molecule has 2 amide bonds. The Kier molecular flexibility index (Phi) is 7.90. The van der Waals surface area contributed by atoms with Crippen LogP contribution >= 0.6 is 11.3 Å². The van der Waals surface area contributed by atoms with Crippen LogP contribution in [0.3, 0.4) is 0 Å². The smallest absolute Gasteiger partial charge is 0.314 e. The number of thiophene rings is 1. The molecule has 13 heteroatoms. The maximum absolute atomic E-state index is 11.9. The van der Waals surface area contributed by atoms with Crippen LogP contribution in [0.25, 0.3) is 11.2 Å². The van der Waals surface area contributed by atoms with Gasteiger partial charge in [-0.25, -0.2) is 19.7 Å². The van der Waals surface area contributed by atoms with E-state index in [9.17, 15) is 15.0 Å². The number of likely N-dealkylation sites (N-methyl/N-ethyl adjacent to an activating group) is 1. The van der Waals surface area contributed by atoms with Gasteiger partial charge in [0.05, 0.1) is 6.33 Å². The molecule has 1 aliphatic rings. The van der Waals surface area contributed by atoms with E-state index in [0.29, 0.717) is 37.3 Å². The molecule has 34 heavy (non-hydrogen) atoms. The number of imidazole rings is 1. The Morgan fingerprint density at radius 1 is 1.26 bits per heavy atom. The topological polar surface area (TPSA) is 164 Å². The number of hydrogen-bond acceptors (Lipinski definition) is 10. The number of carbonyl (C=O) groups excluding carboxylic acids is 1. The van der Waals surface area contributed by atoms with Crippen molar-refractivity contribution < 1.29 is 19.7 Å². The molecule has 1 saturated heterocycles. The van der Waals surface area contributed by atoms with Gasteiger partial charge in [0.15, 0.2) is 17.7 Å². The summed E-state index contributed by atoms with van der Waals surface area (Å²) in [5.74, 6) is 0.234. The zero-order valence-electron chi connectivity index (χ0n) is 18.9. The molecule has 6 N–H and O–H groups in total. The molecular formula is C21H30N8O4S. The number of carbonyl (C=O) groups is 1. The van der Waals surface area contributed by atoms with Crippen LogP contribution in [0.5, 0.6) is 0 Å². The van der Waals surface area contributed by atoms with Crippen molar-refractivity contribution >= 4 is 34.3 Å². The molecule has 0 unspecified atom stereocenters. The average molecular weight is 491 g/mol. The van der Waals surface area contributed by atoms with E-state index in [1.54, 1.807) is 15.9 Å². The van der Waals surface area contributed by atoms with E-state index in [-0.39, 0.29) is 11.8 Å². The molecule has 3 aromatic heterocycles. The molecule has 0 radical (unpaired) electrons. The van der Waals surface area contributed by atoms with Crippen molar-refractivity contribution in [2.24, 2.45) is 0 Å². The molecule has 184 valence electrons. The highest BCUT2D eigenvalue weighted by Crippen LogP contribution is 2.32. The Bertz CT molecular complexity index is 1080. The molecule has 0 bridgehead atoms. The molecule has 4 heterocycles. The third kappa shape index (κ3) is 5.62. The van der Waals surface area contributed by atoms with E-state index in [1.807, 2.05) is 29.5 Å². The number of nitrogen functional groups attached to an aromatic ring is 1. The van der Waals surface area contributed by atoms with Crippen molar-refractivity contribution in [1.29, 1.82) is 0 Å². The van der Waals surface area contributed by atoms with Crippen LogP contribution in [-0.4, -0.2) is 92.2 Å². The van der Waals surface area contributed by atoms with E-state index in [0.717, 1.165) is 12.8 Å². The quantitative estimate of drug-likeness (QED) is 0.245. The van der Waals surface area contributed by atoms with Crippen molar-refractivity contribution in [3.63, 3.8) is 0 Å². The number of hydrogen-bond donors (Lipinski definition) is 5. The summed E-state index contributed by atoms with van der Waals surface area (Å²) in [6, 6.07) is 3.86. The fourth-order valence-corrected chi connectivity index (χ4v) is 4.64. The first kappa shape index (κ1) is 24.3. The summed E-state index contributed by atoms with van der Waals surface area (Å²) in [6.45, 7) is 2.21. The predicted molar refractivity (Wildman–Crippen MR) is 127 cm³/mol. The standard InChI is InChI=1S/C21H30N8O4S/c1-28(8-3-6-23-21(32)24-7-5-13-4-2-9-34-13)10-14-16(30)17(31)20(33-14)29-12-27-15-18(22)25-11-26-19(15)29/h2,4,9,11-12,14,16-17,20,30-31H,3,5-8,10H2,1H3,(H2,22,25,26)(H2,23,24,32)/t14-,16-,17-,20-/m1/s1. The first-order chi connectivity index (χ1) is 16.4. The fraction of sp³-hybridized carbons (Fsp3) is 0.524. The van der Waals surface area contributed by atoms with Gasteiger partial charge in [0, 0.05) is 24.5 Å². The monoisotopic (exact) mass is 490 g/mol. The van der Waals surface area contributed by atoms with E-state index in [1.165, 1.54) is 17.5 Å². The molecule has 0 saturated carbocycles. The number of aromatic nitrogens is 4. The van der Waals surface area contributed by atoms with Crippen LogP contribution in [0.4, 0.5) is 10.6 Å². The number of ether oxygens (including phenoxy) is 1. The van der Waals surface area contributed by atoms with Crippen LogP contribution in [0.15, 0.2) is 30.2 Å². The predicted octanol–water partition coefficient (Wildman–Crippen LogP) is -0.0470. The summed E-state index contributed by atoms with van der Waals surface area (Å²) in [5, 5.41) is 28.8. The van der Waals surface area contributed by atoms with Crippen molar-refractivity contribution in [1.82, 2.24) is 35.1 Å². The van der Waals surface area contributed by atoms with Crippen LogP contribution in [-0.2, 0) is 11.2 Å². The number of rotatable bonds is 10. The van der Waals surface area contributed by atoms with E-state index < -0.39 is 24.5 Å². The normalized spacial score (nSPS) is 22.5. The number of fused-ring (bicyclic) bond motifs is 1. The SMILES string of the molecule is CN(CCCNC(=O)NCCc1cccs1)C[C@H]1O[C@@H](n2cnc3c(N)ncnc32)[C@H](O)[C@@H]1O. The summed E-state index contributed by atoms with van der Waals surface area (Å²) < 4.78 is 7.53. The number of aliphatic hydroxyl groups excluding tert-OH is 2. The van der Waals surface area contributed by atoms with Crippen LogP contribution in [0, 0.1) is 0 Å². The second-order valence-electron chi connectivity index (χ2n) is 8.26. The number of nitrogens with two attached hydrogens (primary N) is 1. The van der Waals surface area contributed by atoms with E-state index >= 15 is 0 Å². The van der Waals surface area contributed by atoms with Gasteiger partial charge < -0.3 is 36.2 Å². The second-order valence-corrected chi connectivity index (χ2v) is 9.29. The highest BCUT2D eigenvalue weighted by atomic mass is 32.1. The lowest BCUT2D eigenvalue weighted by atomic mass is 10.1. The molecule has 0 spiro atoms. The minimum atomic E-state index is -1.15. The molecule has 1 aliphatic heterocycles. The van der Waals surface area contributed by atoms with Gasteiger partial charge in [-0.05, 0) is 37.9 Å². The summed E-state index contributed by atoms with van der Waals surface area (Å²) in [4.78, 5) is 27.4. The molecule has 0 aliphatic carbocycles. The Morgan fingerprint density at radius 3 is 2.88 bits per heavy atom. The van der Waals surface area contributed by atoms with E-state index in [2.05, 4.69) is 25.6 Å². The lowest BCUT2D eigenvalue weighted by Crippen LogP contribution is -2.40. The van der Waals surface area contributed by atoms with Gasteiger partial charge in [0.2, 0.25) is 0 Å². The minimum Gasteiger partial charge on any atom is -0.387 e. The Labute approximate surface area is 200 Å². The molecule has 4 atom stereocenters. The van der Waals surface area contributed by atoms with Gasteiger partial charge >= 0.3 is 6.03 Å². The maximum Gasteiger partial charge on any atom is 0.314 e. The average Bonchev–Trinajstić information content (AvgIpc) is 3.54. The molecule has 4 rings (SSSR count). The number of amides is 2. The van der Waals surface area contributed by atoms with Gasteiger partial charge in [-0.2, -0.15) is 0 Å². The van der Waals surface area contributed by atoms with Crippen molar-refractivity contribution in [2.75, 3.05) is 39.0 Å². The lowest BCUT2D eigenvalue weighted by Gasteiger charge is -2.22. The third-order valence-electron chi connectivity index (χ3n) is 5.73. The van der Waals surface area contributed by atoms with Crippen molar-refractivity contribution in [3.8, 4) is 0 Å². The first-order valence-corrected chi connectivity index (χ1v) is 12.0. The fourth-order valence-electron chi connectivity index (χ4n) is 3.93. The molecule has 1 fully saturated rings. The Morgan fingerprint density at radius 2 is 2.09 bits per heavy atom. The van der Waals surface area contributed by atoms with Crippen LogP contribution in [0.1, 0.15) is 17.5 Å². The molecule has 3 aromatic rings. The highest BCUT2D eigenvalue weighted by Gasteiger charge is 2.44. The number of aliphatic hydroxyl groups is 2. The Balaban J connectivity index is 1.19. The molecular weight excluding hydrogens is 460 g/mol. The van der Waals surface area contributed by atoms with Gasteiger partial charge in [-0.15, -0.1) is 11.3 Å². The number of anilines is 1. The summed E-state index contributed by atoms with van der Waals surface area (Å²) >= 11 is 1.68. The van der Waals surface area contributed by atoms with E-state index in [4.69, 9.17) is 10.5 Å². The third-order valence-corrected chi connectivity index (χ3v) is 6.67. The van der Waals surface area contributed by atoms with Gasteiger partial charge in [0.25, 0.3) is 0 Å². The summed E-state index contributed by atoms with van der Waals surface area (Å²) in [6.07, 6.45) is 0.674. The summed E-state index contributed by atoms with van der Waals surface area (Å²) in [5.41, 5.74) is 6.67. The van der Waals surface area contributed by atoms with Crippen molar-refractivity contribution in [3.05, 3.63) is 35.0 Å². The Hall–Kier alpha value is -2.84.